The average molecular weight is 1020 g/mol. The fourth-order valence-corrected chi connectivity index (χ4v) is 9.57. The molecule has 0 heterocycles. The molecular formula is C61H114NO8P. The Balaban J connectivity index is 3.92. The summed E-state index contributed by atoms with van der Waals surface area (Å²) in [4.78, 5) is 35.2. The highest BCUT2D eigenvalue weighted by Crippen LogP contribution is 2.43. The first-order chi connectivity index (χ1) is 34.8. The maximum atomic E-state index is 12.7. The number of hydrogen-bond acceptors (Lipinski definition) is 8. The highest BCUT2D eigenvalue weighted by atomic mass is 31.2. The van der Waals surface area contributed by atoms with Crippen molar-refractivity contribution in [3.8, 4) is 0 Å². The van der Waals surface area contributed by atoms with Crippen LogP contribution in [0.4, 0.5) is 0 Å². The molecule has 416 valence electrons. The number of hydrogen-bond donors (Lipinski definition) is 2. The van der Waals surface area contributed by atoms with Gasteiger partial charge >= 0.3 is 19.8 Å². The van der Waals surface area contributed by atoms with Gasteiger partial charge in [0.15, 0.2) is 6.10 Å². The van der Waals surface area contributed by atoms with Crippen molar-refractivity contribution in [1.29, 1.82) is 0 Å². The van der Waals surface area contributed by atoms with Gasteiger partial charge in [0.1, 0.15) is 6.61 Å². The summed E-state index contributed by atoms with van der Waals surface area (Å²) in [5.41, 5.74) is 5.39. The van der Waals surface area contributed by atoms with Crippen LogP contribution in [0.25, 0.3) is 0 Å². The first-order valence-electron chi connectivity index (χ1n) is 30.1. The Morgan fingerprint density at radius 3 is 1.15 bits per heavy atom. The van der Waals surface area contributed by atoms with Gasteiger partial charge in [0.2, 0.25) is 0 Å². The first kappa shape index (κ1) is 69.0. The summed E-state index contributed by atoms with van der Waals surface area (Å²) in [6.07, 6.45) is 70.3. The van der Waals surface area contributed by atoms with Gasteiger partial charge in [0.05, 0.1) is 13.2 Å². The van der Waals surface area contributed by atoms with Crippen molar-refractivity contribution < 1.29 is 37.6 Å². The summed E-state index contributed by atoms with van der Waals surface area (Å²) >= 11 is 0. The zero-order chi connectivity index (χ0) is 51.7. The number of nitrogens with two attached hydrogens (primary N) is 1. The standard InChI is InChI=1S/C61H114NO8P/c1-3-5-7-9-11-13-15-17-19-21-23-25-27-29-31-33-35-37-39-41-43-45-47-49-51-53-60(63)67-57-59(58-69-71(65,66)68-56-55-62)70-61(64)54-52-50-48-46-44-42-40-38-36-34-32-30-28-26-24-22-20-18-16-14-12-10-8-6-4-2/h6,8,12,14,18,20,24,26,59H,3-5,7,9-11,13,15-17,19,21-23,25,27-58,62H2,1-2H3,(H,65,66)/b8-6-,14-12-,20-18-,26-24-. The van der Waals surface area contributed by atoms with Crippen LogP contribution in [0.1, 0.15) is 296 Å². The quantitative estimate of drug-likeness (QED) is 0.0264. The number of esters is 2. The molecule has 0 spiro atoms. The molecule has 0 fully saturated rings. The van der Waals surface area contributed by atoms with Crippen molar-refractivity contribution in [2.45, 2.75) is 302 Å². The lowest BCUT2D eigenvalue weighted by atomic mass is 10.0. The Hall–Kier alpha value is -2.03. The molecule has 0 saturated carbocycles. The smallest absolute Gasteiger partial charge is 0.462 e. The number of ether oxygens (including phenoxy) is 2. The van der Waals surface area contributed by atoms with Crippen LogP contribution in [0.3, 0.4) is 0 Å². The SMILES string of the molecule is CC/C=C\C/C=C\C/C=C\C/C=C\CCCCCCCCCCCCCCC(=O)OC(COC(=O)CCCCCCCCCCCCCCCCCCCCCCCCCCC)COP(=O)(O)OCCN. The summed E-state index contributed by atoms with van der Waals surface area (Å²) in [6, 6.07) is 0. The van der Waals surface area contributed by atoms with E-state index in [0.717, 1.165) is 64.2 Å². The van der Waals surface area contributed by atoms with E-state index in [2.05, 4.69) is 62.5 Å². The third-order valence-electron chi connectivity index (χ3n) is 13.2. The van der Waals surface area contributed by atoms with E-state index < -0.39 is 26.5 Å². The number of carbonyl (C=O) groups is 2. The van der Waals surface area contributed by atoms with Crippen LogP contribution >= 0.6 is 7.82 Å². The van der Waals surface area contributed by atoms with Crippen molar-refractivity contribution in [2.75, 3.05) is 26.4 Å². The van der Waals surface area contributed by atoms with E-state index in [1.54, 1.807) is 0 Å². The van der Waals surface area contributed by atoms with Crippen LogP contribution in [-0.4, -0.2) is 49.3 Å². The molecular weight excluding hydrogens is 906 g/mol. The van der Waals surface area contributed by atoms with Gasteiger partial charge in [-0.2, -0.15) is 0 Å². The molecule has 0 aliphatic rings. The third kappa shape index (κ3) is 57.1. The molecule has 2 unspecified atom stereocenters. The van der Waals surface area contributed by atoms with E-state index in [-0.39, 0.29) is 38.6 Å². The van der Waals surface area contributed by atoms with Crippen LogP contribution < -0.4 is 5.73 Å². The van der Waals surface area contributed by atoms with Gasteiger partial charge in [-0.05, 0) is 51.4 Å². The van der Waals surface area contributed by atoms with E-state index in [4.69, 9.17) is 24.3 Å². The topological polar surface area (TPSA) is 134 Å². The molecule has 2 atom stereocenters. The van der Waals surface area contributed by atoms with Crippen LogP contribution in [0.2, 0.25) is 0 Å². The lowest BCUT2D eigenvalue weighted by Gasteiger charge is -2.19. The molecule has 0 saturated heterocycles. The van der Waals surface area contributed by atoms with Crippen molar-refractivity contribution in [2.24, 2.45) is 5.73 Å². The number of phosphoric acid groups is 1. The average Bonchev–Trinajstić information content (AvgIpc) is 3.36. The van der Waals surface area contributed by atoms with Gasteiger partial charge in [-0.25, -0.2) is 4.57 Å². The minimum Gasteiger partial charge on any atom is -0.462 e. The fraction of sp³-hybridized carbons (Fsp3) is 0.836. The van der Waals surface area contributed by atoms with Crippen LogP contribution in [0.15, 0.2) is 48.6 Å². The van der Waals surface area contributed by atoms with E-state index in [1.165, 1.54) is 199 Å². The molecule has 0 aromatic heterocycles. The highest BCUT2D eigenvalue weighted by Gasteiger charge is 2.26. The summed E-state index contributed by atoms with van der Waals surface area (Å²) < 4.78 is 33.1. The van der Waals surface area contributed by atoms with Gasteiger partial charge in [0.25, 0.3) is 0 Å². The number of rotatable bonds is 57. The Kier molecular flexibility index (Phi) is 55.6. The number of allylic oxidation sites excluding steroid dienone is 8. The predicted octanol–water partition coefficient (Wildman–Crippen LogP) is 19.0. The van der Waals surface area contributed by atoms with Crippen molar-refractivity contribution in [1.82, 2.24) is 0 Å². The first-order valence-corrected chi connectivity index (χ1v) is 31.6. The monoisotopic (exact) mass is 1020 g/mol. The second kappa shape index (κ2) is 57.3. The highest BCUT2D eigenvalue weighted by molar-refractivity contribution is 7.47. The third-order valence-corrected chi connectivity index (χ3v) is 14.2. The molecule has 9 nitrogen and oxygen atoms in total. The zero-order valence-electron chi connectivity index (χ0n) is 46.5. The molecule has 0 amide bonds. The lowest BCUT2D eigenvalue weighted by molar-refractivity contribution is -0.161. The second-order valence-electron chi connectivity index (χ2n) is 20.2. The number of phosphoric ester groups is 1. The van der Waals surface area contributed by atoms with Gasteiger partial charge in [0, 0.05) is 19.4 Å². The summed E-state index contributed by atoms with van der Waals surface area (Å²) in [5, 5.41) is 0. The van der Waals surface area contributed by atoms with Crippen molar-refractivity contribution >= 4 is 19.8 Å². The van der Waals surface area contributed by atoms with Gasteiger partial charge in [-0.1, -0.05) is 281 Å². The van der Waals surface area contributed by atoms with Crippen LogP contribution in [-0.2, 0) is 32.7 Å². The van der Waals surface area contributed by atoms with Crippen LogP contribution in [0, 0.1) is 0 Å². The Labute approximate surface area is 438 Å². The molecule has 0 aliphatic carbocycles. The fourth-order valence-electron chi connectivity index (χ4n) is 8.81. The maximum Gasteiger partial charge on any atom is 0.472 e. The van der Waals surface area contributed by atoms with E-state index >= 15 is 0 Å². The van der Waals surface area contributed by atoms with Gasteiger partial charge in [-0.3, -0.25) is 18.6 Å². The van der Waals surface area contributed by atoms with E-state index in [9.17, 15) is 19.0 Å². The zero-order valence-corrected chi connectivity index (χ0v) is 47.4. The minimum atomic E-state index is -4.39. The Bertz CT molecular complexity index is 1300. The molecule has 0 bridgehead atoms. The molecule has 0 aromatic carbocycles. The summed E-state index contributed by atoms with van der Waals surface area (Å²) in [7, 11) is -4.39. The van der Waals surface area contributed by atoms with Crippen molar-refractivity contribution in [3.63, 3.8) is 0 Å². The molecule has 0 aromatic rings. The summed E-state index contributed by atoms with van der Waals surface area (Å²) in [6.45, 7) is 3.68. The lowest BCUT2D eigenvalue weighted by Crippen LogP contribution is -2.29. The van der Waals surface area contributed by atoms with E-state index in [0.29, 0.717) is 6.42 Å². The Morgan fingerprint density at radius 2 is 0.775 bits per heavy atom. The summed E-state index contributed by atoms with van der Waals surface area (Å²) in [5.74, 6) is -0.816. The number of unbranched alkanes of at least 4 members (excludes halogenated alkanes) is 36. The molecule has 0 radical (unpaired) electrons. The van der Waals surface area contributed by atoms with Gasteiger partial charge in [-0.15, -0.1) is 0 Å². The van der Waals surface area contributed by atoms with Crippen LogP contribution in [0.5, 0.6) is 0 Å². The van der Waals surface area contributed by atoms with Gasteiger partial charge < -0.3 is 20.1 Å². The molecule has 3 N–H and O–H groups in total. The molecule has 0 aliphatic heterocycles. The van der Waals surface area contributed by atoms with E-state index in [1.807, 2.05) is 0 Å². The normalized spacial score (nSPS) is 13.4. The maximum absolute atomic E-state index is 12.7. The van der Waals surface area contributed by atoms with Crippen molar-refractivity contribution in [3.05, 3.63) is 48.6 Å². The second-order valence-corrected chi connectivity index (χ2v) is 21.7. The molecule has 71 heavy (non-hydrogen) atoms. The Morgan fingerprint density at radius 1 is 0.437 bits per heavy atom. The predicted molar refractivity (Wildman–Crippen MR) is 303 cm³/mol. The molecule has 0 rings (SSSR count). The molecule has 10 heteroatoms. The minimum absolute atomic E-state index is 0.0538. The number of carbonyl (C=O) groups excluding carboxylic acids is 2. The largest absolute Gasteiger partial charge is 0.472 e.